The maximum absolute atomic E-state index is 11.6. The minimum atomic E-state index is -0.0405. The zero-order valence-corrected chi connectivity index (χ0v) is 37.4. The molecule has 0 bridgehead atoms. The van der Waals surface area contributed by atoms with E-state index in [9.17, 15) is 9.59 Å². The lowest BCUT2D eigenvalue weighted by molar-refractivity contribution is 0.126. The molecule has 0 unspecified atom stereocenters. The summed E-state index contributed by atoms with van der Waals surface area (Å²) in [6.07, 6.45) is 6.27. The summed E-state index contributed by atoms with van der Waals surface area (Å²) in [5, 5.41) is 13.2. The Morgan fingerprint density at radius 2 is 0.764 bits per heavy atom. The van der Waals surface area contributed by atoms with Gasteiger partial charge in [0.15, 0.2) is 0 Å². The molecule has 0 atom stereocenters. The summed E-state index contributed by atoms with van der Waals surface area (Å²) in [6, 6.07) is 16.2. The normalized spacial score (nSPS) is 14.5. The first-order chi connectivity index (χ1) is 24.3. The first-order valence-corrected chi connectivity index (χ1v) is 19.5. The van der Waals surface area contributed by atoms with Crippen LogP contribution in [0, 0.1) is 0 Å². The average molecular weight is 898 g/mol. The molecule has 17 heteroatoms. The lowest BCUT2D eigenvalue weighted by Gasteiger charge is -2.34. The lowest BCUT2D eigenvalue weighted by Crippen LogP contribution is -2.46. The van der Waals surface area contributed by atoms with Gasteiger partial charge in [-0.2, -0.15) is 0 Å². The third-order valence-corrected chi connectivity index (χ3v) is 9.58. The number of rotatable bonds is 18. The molecule has 11 nitrogen and oxygen atoms in total. The molecule has 4 rings (SSSR count). The summed E-state index contributed by atoms with van der Waals surface area (Å²) >= 11 is 11.9. The van der Waals surface area contributed by atoms with Crippen molar-refractivity contribution < 1.29 is 15.1 Å². The summed E-state index contributed by atoms with van der Waals surface area (Å²) in [5.41, 5.74) is 2.63. The summed E-state index contributed by atoms with van der Waals surface area (Å²) in [7, 11) is 0. The van der Waals surface area contributed by atoms with Gasteiger partial charge in [-0.3, -0.25) is 9.80 Å². The highest BCUT2D eigenvalue weighted by atomic mass is 35.5. The zero-order valence-electron chi connectivity index (χ0n) is 32.7. The van der Waals surface area contributed by atoms with E-state index in [1.807, 2.05) is 24.3 Å². The molecule has 0 spiro atoms. The Morgan fingerprint density at radius 3 is 1.05 bits per heavy atom. The van der Waals surface area contributed by atoms with E-state index in [0.717, 1.165) is 153 Å². The molecule has 4 amide bonds. The number of hydrogen-bond donors (Lipinski definition) is 4. The smallest absolute Gasteiger partial charge is 0.314 e. The number of nitrogens with zero attached hydrogens (tertiary/aromatic N) is 4. The second-order valence-corrected chi connectivity index (χ2v) is 14.1. The van der Waals surface area contributed by atoms with Crippen LogP contribution in [0.3, 0.4) is 0 Å². The largest absolute Gasteiger partial charge is 0.412 e. The molecule has 2 heterocycles. The Morgan fingerprint density at radius 1 is 0.491 bits per heavy atom. The van der Waals surface area contributed by atoms with Gasteiger partial charge < -0.3 is 36.5 Å². The molecule has 55 heavy (non-hydrogen) atoms. The standard InChI is InChI=1S/2C19H31ClN4O.4ClH.H2O/c2*1-2-3-9-21-19(25)22-10-4-11-23-12-14-24(15-13-23)16-17-5-7-18(20)8-6-17;;;;;/h2*5-8H,2-4,9-16H2,1H3,(H2,21,22,25);4*1H;1H2. The SMILES string of the molecule is CCCCNC(=O)NCCCN1CCN(Cc2ccc(Cl)cc2)CC1.CCCCNC(=O)NCCCN1CCN(Cc2ccc(Cl)cc2)CC1.Cl.Cl.Cl.Cl.O. The predicted octanol–water partition coefficient (Wildman–Crippen LogP) is 6.76. The van der Waals surface area contributed by atoms with Crippen LogP contribution < -0.4 is 21.3 Å². The van der Waals surface area contributed by atoms with Crippen LogP contribution >= 0.6 is 72.8 Å². The third kappa shape index (κ3) is 27.0. The molecular formula is C38H68Cl6N8O3. The Kier molecular flexibility index (Phi) is 37.5. The number of halogens is 6. The zero-order chi connectivity index (χ0) is 35.8. The Balaban J connectivity index is -0.000000901. The first kappa shape index (κ1) is 57.8. The van der Waals surface area contributed by atoms with Crippen LogP contribution in [0.2, 0.25) is 10.0 Å². The fourth-order valence-corrected chi connectivity index (χ4v) is 6.18. The number of carbonyl (C=O) groups excluding carboxylic acids is 2. The molecule has 2 saturated heterocycles. The Labute approximate surface area is 365 Å². The molecule has 2 fully saturated rings. The highest BCUT2D eigenvalue weighted by Crippen LogP contribution is 2.14. The van der Waals surface area contributed by atoms with Crippen molar-refractivity contribution in [3.8, 4) is 0 Å². The van der Waals surface area contributed by atoms with Gasteiger partial charge in [0.05, 0.1) is 0 Å². The van der Waals surface area contributed by atoms with Crippen molar-refractivity contribution >= 4 is 84.9 Å². The van der Waals surface area contributed by atoms with Gasteiger partial charge in [-0.05, 0) is 74.2 Å². The summed E-state index contributed by atoms with van der Waals surface area (Å²) < 4.78 is 0. The van der Waals surface area contributed by atoms with Crippen molar-refractivity contribution in [2.24, 2.45) is 0 Å². The third-order valence-electron chi connectivity index (χ3n) is 9.07. The van der Waals surface area contributed by atoms with Crippen LogP contribution in [0.25, 0.3) is 0 Å². The van der Waals surface area contributed by atoms with Gasteiger partial charge in [0.2, 0.25) is 0 Å². The molecule has 0 aromatic heterocycles. The quantitative estimate of drug-likeness (QED) is 0.123. The number of carbonyl (C=O) groups is 2. The van der Waals surface area contributed by atoms with Crippen molar-refractivity contribution in [2.75, 3.05) is 91.6 Å². The fraction of sp³-hybridized carbons (Fsp3) is 0.632. The maximum Gasteiger partial charge on any atom is 0.314 e. The van der Waals surface area contributed by atoms with Crippen LogP contribution in [0.4, 0.5) is 9.59 Å². The van der Waals surface area contributed by atoms with Gasteiger partial charge in [0.1, 0.15) is 0 Å². The van der Waals surface area contributed by atoms with E-state index in [1.165, 1.54) is 11.1 Å². The van der Waals surface area contributed by atoms with Crippen molar-refractivity contribution in [1.82, 2.24) is 40.9 Å². The van der Waals surface area contributed by atoms with Gasteiger partial charge in [-0.15, -0.1) is 49.6 Å². The number of urea groups is 2. The molecule has 2 aromatic rings. The second-order valence-electron chi connectivity index (χ2n) is 13.3. The van der Waals surface area contributed by atoms with Gasteiger partial charge in [-0.1, -0.05) is 74.2 Å². The van der Waals surface area contributed by atoms with Crippen molar-refractivity contribution in [1.29, 1.82) is 0 Å². The molecule has 6 N–H and O–H groups in total. The van der Waals surface area contributed by atoms with Gasteiger partial charge in [0, 0.05) is 102 Å². The van der Waals surface area contributed by atoms with Gasteiger partial charge in [-0.25, -0.2) is 9.59 Å². The van der Waals surface area contributed by atoms with Crippen LogP contribution in [-0.4, -0.2) is 129 Å². The van der Waals surface area contributed by atoms with Gasteiger partial charge >= 0.3 is 12.1 Å². The maximum atomic E-state index is 11.6. The predicted molar refractivity (Wildman–Crippen MR) is 241 cm³/mol. The van der Waals surface area contributed by atoms with Crippen molar-refractivity contribution in [3.05, 3.63) is 69.7 Å². The Bertz CT molecular complexity index is 1110. The van der Waals surface area contributed by atoms with Gasteiger partial charge in [0.25, 0.3) is 0 Å². The minimum Gasteiger partial charge on any atom is -0.412 e. The summed E-state index contributed by atoms with van der Waals surface area (Å²) in [4.78, 5) is 33.0. The number of piperazine rings is 2. The van der Waals surface area contributed by atoms with E-state index in [2.05, 4.69) is 79.0 Å². The molecule has 320 valence electrons. The number of unbranched alkanes of at least 4 members (excludes halogenated alkanes) is 2. The van der Waals surface area contributed by atoms with Crippen LogP contribution in [0.5, 0.6) is 0 Å². The topological polar surface area (TPSA) is 127 Å². The van der Waals surface area contributed by atoms with Crippen LogP contribution in [0.1, 0.15) is 63.5 Å². The van der Waals surface area contributed by atoms with E-state index < -0.39 is 0 Å². The van der Waals surface area contributed by atoms with Crippen molar-refractivity contribution in [2.45, 2.75) is 65.5 Å². The second kappa shape index (κ2) is 35.7. The van der Waals surface area contributed by atoms with Crippen LogP contribution in [-0.2, 0) is 13.1 Å². The highest BCUT2D eigenvalue weighted by Gasteiger charge is 2.18. The molecule has 0 saturated carbocycles. The van der Waals surface area contributed by atoms with E-state index in [0.29, 0.717) is 0 Å². The molecular weight excluding hydrogens is 829 g/mol. The van der Waals surface area contributed by atoms with E-state index in [1.54, 1.807) is 0 Å². The highest BCUT2D eigenvalue weighted by molar-refractivity contribution is 6.30. The molecule has 2 aromatic carbocycles. The molecule has 0 radical (unpaired) electrons. The van der Waals surface area contributed by atoms with E-state index >= 15 is 0 Å². The number of benzene rings is 2. The van der Waals surface area contributed by atoms with Crippen molar-refractivity contribution in [3.63, 3.8) is 0 Å². The first-order valence-electron chi connectivity index (χ1n) is 18.8. The Hall–Kier alpha value is -1.48. The minimum absolute atomic E-state index is 0. The van der Waals surface area contributed by atoms with E-state index in [-0.39, 0.29) is 67.2 Å². The monoisotopic (exact) mass is 894 g/mol. The molecule has 0 aliphatic carbocycles. The lowest BCUT2D eigenvalue weighted by atomic mass is 10.2. The average Bonchev–Trinajstić information content (AvgIpc) is 3.12. The van der Waals surface area contributed by atoms with Crippen LogP contribution in [0.15, 0.2) is 48.5 Å². The summed E-state index contributed by atoms with van der Waals surface area (Å²) in [6.45, 7) is 20.1. The number of amides is 4. The fourth-order valence-electron chi connectivity index (χ4n) is 5.93. The number of hydrogen-bond acceptors (Lipinski definition) is 6. The molecule has 2 aliphatic rings. The molecule has 2 aliphatic heterocycles. The number of nitrogens with one attached hydrogen (secondary N) is 4. The summed E-state index contributed by atoms with van der Waals surface area (Å²) in [5.74, 6) is 0. The van der Waals surface area contributed by atoms with E-state index in [4.69, 9.17) is 23.2 Å².